The van der Waals surface area contributed by atoms with E-state index in [2.05, 4.69) is 34.0 Å². The number of pyridine rings is 1. The largest absolute Gasteiger partial charge is 0.345 e. The minimum absolute atomic E-state index is 0.158. The van der Waals surface area contributed by atoms with Crippen molar-refractivity contribution in [1.82, 2.24) is 24.8 Å². The lowest BCUT2D eigenvalue weighted by atomic mass is 9.96. The van der Waals surface area contributed by atoms with Gasteiger partial charge in [0.25, 0.3) is 5.91 Å². The quantitative estimate of drug-likeness (QED) is 0.929. The van der Waals surface area contributed by atoms with E-state index in [0.29, 0.717) is 18.4 Å². The van der Waals surface area contributed by atoms with Gasteiger partial charge in [0.2, 0.25) is 0 Å². The third-order valence-corrected chi connectivity index (χ3v) is 4.45. The van der Waals surface area contributed by atoms with Crippen molar-refractivity contribution < 1.29 is 4.79 Å². The molecule has 1 N–H and O–H groups in total. The van der Waals surface area contributed by atoms with E-state index in [9.17, 15) is 4.79 Å². The molecule has 3 heterocycles. The molecule has 0 saturated heterocycles. The molecule has 6 nitrogen and oxygen atoms in total. The zero-order valence-corrected chi connectivity index (χ0v) is 13.9. The summed E-state index contributed by atoms with van der Waals surface area (Å²) in [7, 11) is 1.81. The van der Waals surface area contributed by atoms with Crippen LogP contribution < -0.4 is 5.32 Å². The van der Waals surface area contributed by atoms with Crippen molar-refractivity contribution >= 4 is 5.91 Å². The van der Waals surface area contributed by atoms with Crippen molar-refractivity contribution in [3.05, 3.63) is 47.3 Å². The minimum atomic E-state index is -0.158. The molecule has 1 aliphatic rings. The number of imidazole rings is 1. The Morgan fingerprint density at radius 2 is 2.22 bits per heavy atom. The molecule has 122 valence electrons. The third-order valence-electron chi connectivity index (χ3n) is 4.45. The molecule has 3 rings (SSSR count). The number of hydrogen-bond acceptors (Lipinski definition) is 4. The molecule has 2 aromatic rings. The molecule has 0 bridgehead atoms. The van der Waals surface area contributed by atoms with E-state index in [1.165, 1.54) is 11.1 Å². The maximum Gasteiger partial charge on any atom is 0.287 e. The summed E-state index contributed by atoms with van der Waals surface area (Å²) in [4.78, 5) is 23.1. The van der Waals surface area contributed by atoms with Gasteiger partial charge in [0, 0.05) is 57.5 Å². The van der Waals surface area contributed by atoms with Gasteiger partial charge in [-0.1, -0.05) is 0 Å². The first-order chi connectivity index (χ1) is 11.1. The smallest absolute Gasteiger partial charge is 0.287 e. The highest BCUT2D eigenvalue weighted by Gasteiger charge is 2.21. The zero-order valence-electron chi connectivity index (χ0n) is 13.9. The topological polar surface area (TPSA) is 63.1 Å². The van der Waals surface area contributed by atoms with E-state index in [-0.39, 0.29) is 5.91 Å². The third kappa shape index (κ3) is 3.27. The summed E-state index contributed by atoms with van der Waals surface area (Å²) in [6.45, 7) is 6.91. The number of fused-ring (bicyclic) bond motifs is 1. The van der Waals surface area contributed by atoms with Gasteiger partial charge in [-0.15, -0.1) is 0 Å². The number of carbonyl (C=O) groups is 1. The zero-order chi connectivity index (χ0) is 16.4. The first kappa shape index (κ1) is 15.7. The van der Waals surface area contributed by atoms with E-state index in [0.717, 1.165) is 25.1 Å². The molecule has 2 aromatic heterocycles. The van der Waals surface area contributed by atoms with Gasteiger partial charge in [0.15, 0.2) is 5.82 Å². The van der Waals surface area contributed by atoms with E-state index in [4.69, 9.17) is 0 Å². The van der Waals surface area contributed by atoms with E-state index >= 15 is 0 Å². The highest BCUT2D eigenvalue weighted by Crippen LogP contribution is 2.22. The number of carbonyl (C=O) groups excluding carboxylic acids is 1. The van der Waals surface area contributed by atoms with Crippen LogP contribution in [0.1, 0.15) is 41.2 Å². The second-order valence-electron chi connectivity index (χ2n) is 6.29. The lowest BCUT2D eigenvalue weighted by Crippen LogP contribution is -2.36. The Morgan fingerprint density at radius 3 is 2.91 bits per heavy atom. The standard InChI is InChI=1S/C17H23N5O/c1-12(2)22-6-4-15-13(8-18-9-14(15)11-22)10-20-17(23)16-19-5-7-21(16)3/h5,7-9,12H,4,6,10-11H2,1-3H3,(H,20,23). The number of nitrogens with zero attached hydrogens (tertiary/aromatic N) is 4. The minimum Gasteiger partial charge on any atom is -0.345 e. The number of aryl methyl sites for hydroxylation is 1. The fourth-order valence-corrected chi connectivity index (χ4v) is 3.02. The lowest BCUT2D eigenvalue weighted by Gasteiger charge is -2.32. The van der Waals surface area contributed by atoms with E-state index < -0.39 is 0 Å². The highest BCUT2D eigenvalue weighted by atomic mass is 16.2. The van der Waals surface area contributed by atoms with Crippen LogP contribution in [0.15, 0.2) is 24.8 Å². The number of rotatable bonds is 4. The van der Waals surface area contributed by atoms with Gasteiger partial charge in [-0.2, -0.15) is 0 Å². The Hall–Kier alpha value is -2.21. The van der Waals surface area contributed by atoms with Crippen LogP contribution in [-0.4, -0.2) is 37.9 Å². The number of nitrogens with one attached hydrogen (secondary N) is 1. The van der Waals surface area contributed by atoms with Crippen LogP contribution in [0.25, 0.3) is 0 Å². The van der Waals surface area contributed by atoms with Crippen LogP contribution in [0.4, 0.5) is 0 Å². The summed E-state index contributed by atoms with van der Waals surface area (Å²) < 4.78 is 1.72. The van der Waals surface area contributed by atoms with Crippen LogP contribution in [0.5, 0.6) is 0 Å². The van der Waals surface area contributed by atoms with Crippen molar-refractivity contribution in [2.75, 3.05) is 6.54 Å². The fraction of sp³-hybridized carbons (Fsp3) is 0.471. The summed E-state index contributed by atoms with van der Waals surface area (Å²) >= 11 is 0. The molecular formula is C17H23N5O. The summed E-state index contributed by atoms with van der Waals surface area (Å²) in [5.74, 6) is 0.267. The predicted octanol–water partition coefficient (Wildman–Crippen LogP) is 1.51. The van der Waals surface area contributed by atoms with Gasteiger partial charge in [0.05, 0.1) is 0 Å². The van der Waals surface area contributed by atoms with Gasteiger partial charge in [0.1, 0.15) is 0 Å². The Bertz CT molecular complexity index is 707. The van der Waals surface area contributed by atoms with Crippen molar-refractivity contribution in [3.8, 4) is 0 Å². The summed E-state index contributed by atoms with van der Waals surface area (Å²) in [5.41, 5.74) is 3.71. The van der Waals surface area contributed by atoms with Crippen LogP contribution in [-0.2, 0) is 26.6 Å². The van der Waals surface area contributed by atoms with Crippen molar-refractivity contribution in [2.45, 2.75) is 39.4 Å². The van der Waals surface area contributed by atoms with Gasteiger partial charge in [-0.05, 0) is 37.0 Å². The van der Waals surface area contributed by atoms with E-state index in [1.54, 1.807) is 17.0 Å². The molecule has 0 saturated carbocycles. The van der Waals surface area contributed by atoms with Gasteiger partial charge in [-0.25, -0.2) is 4.98 Å². The van der Waals surface area contributed by atoms with Gasteiger partial charge in [-0.3, -0.25) is 14.7 Å². The van der Waals surface area contributed by atoms with Crippen molar-refractivity contribution in [2.24, 2.45) is 7.05 Å². The van der Waals surface area contributed by atoms with Gasteiger partial charge < -0.3 is 9.88 Å². The summed E-state index contributed by atoms with van der Waals surface area (Å²) in [5, 5.41) is 2.95. The van der Waals surface area contributed by atoms with E-state index in [1.807, 2.05) is 19.4 Å². The number of aromatic nitrogens is 3. The second kappa shape index (κ2) is 6.50. The van der Waals surface area contributed by atoms with Crippen LogP contribution >= 0.6 is 0 Å². The first-order valence-corrected chi connectivity index (χ1v) is 8.00. The molecule has 6 heteroatoms. The van der Waals surface area contributed by atoms with Crippen LogP contribution in [0, 0.1) is 0 Å². The maximum absolute atomic E-state index is 12.2. The average Bonchev–Trinajstić information content (AvgIpc) is 2.98. The number of hydrogen-bond donors (Lipinski definition) is 1. The molecule has 0 unspecified atom stereocenters. The first-order valence-electron chi connectivity index (χ1n) is 8.00. The van der Waals surface area contributed by atoms with Crippen molar-refractivity contribution in [3.63, 3.8) is 0 Å². The Kier molecular flexibility index (Phi) is 4.43. The molecule has 1 amide bonds. The summed E-state index contributed by atoms with van der Waals surface area (Å²) in [6, 6.07) is 0.537. The monoisotopic (exact) mass is 313 g/mol. The van der Waals surface area contributed by atoms with Crippen LogP contribution in [0.3, 0.4) is 0 Å². The number of amides is 1. The predicted molar refractivity (Wildman–Crippen MR) is 87.9 cm³/mol. The summed E-state index contributed by atoms with van der Waals surface area (Å²) in [6.07, 6.45) is 8.21. The molecule has 0 spiro atoms. The average molecular weight is 313 g/mol. The SMILES string of the molecule is CC(C)N1CCc2c(CNC(=O)c3nccn3C)cncc2C1. The molecular weight excluding hydrogens is 290 g/mol. The molecule has 1 aliphatic heterocycles. The Balaban J connectivity index is 1.71. The highest BCUT2D eigenvalue weighted by molar-refractivity contribution is 5.90. The maximum atomic E-state index is 12.2. The lowest BCUT2D eigenvalue weighted by molar-refractivity contribution is 0.0937. The van der Waals surface area contributed by atoms with Crippen molar-refractivity contribution in [1.29, 1.82) is 0 Å². The molecule has 0 radical (unpaired) electrons. The van der Waals surface area contributed by atoms with Gasteiger partial charge >= 0.3 is 0 Å². The Labute approximate surface area is 136 Å². The normalized spacial score (nSPS) is 14.8. The Morgan fingerprint density at radius 1 is 1.39 bits per heavy atom. The molecule has 0 atom stereocenters. The fourth-order valence-electron chi connectivity index (χ4n) is 3.02. The molecule has 0 aromatic carbocycles. The molecule has 0 aliphatic carbocycles. The second-order valence-corrected chi connectivity index (χ2v) is 6.29. The molecule has 0 fully saturated rings. The van der Waals surface area contributed by atoms with Crippen LogP contribution in [0.2, 0.25) is 0 Å². The molecule has 23 heavy (non-hydrogen) atoms.